The van der Waals surface area contributed by atoms with Gasteiger partial charge in [0.05, 0.1) is 15.5 Å². The lowest BCUT2D eigenvalue weighted by molar-refractivity contribution is -0.114. The standard InChI is InChI=1S/C29H28ClN3O5S2/c1-3-22-6-4-5-7-28(22)33(40(37,38)27-16-8-21(2)9-17-27)20-29(34)31-24-14-18-26(19-15-24)39(35,36)32-25-12-10-23(30)11-13-25/h4-19,32H,3,20H2,1-2H3,(H,31,34). The van der Waals surface area contributed by atoms with E-state index in [1.807, 2.05) is 26.0 Å². The summed E-state index contributed by atoms with van der Waals surface area (Å²) in [5.74, 6) is -0.587. The Morgan fingerprint density at radius 3 is 1.98 bits per heavy atom. The number of carbonyl (C=O) groups is 1. The maximum Gasteiger partial charge on any atom is 0.264 e. The van der Waals surface area contributed by atoms with Crippen molar-refractivity contribution in [3.63, 3.8) is 0 Å². The third kappa shape index (κ3) is 6.82. The highest BCUT2D eigenvalue weighted by Crippen LogP contribution is 2.28. The third-order valence-electron chi connectivity index (χ3n) is 6.08. The fraction of sp³-hybridized carbons (Fsp3) is 0.138. The molecule has 208 valence electrons. The molecular weight excluding hydrogens is 570 g/mol. The van der Waals surface area contributed by atoms with Crippen molar-refractivity contribution in [2.24, 2.45) is 0 Å². The van der Waals surface area contributed by atoms with Gasteiger partial charge in [-0.05, 0) is 85.6 Å². The SMILES string of the molecule is CCc1ccccc1N(CC(=O)Nc1ccc(S(=O)(=O)Nc2ccc(Cl)cc2)cc1)S(=O)(=O)c1ccc(C)cc1. The zero-order valence-electron chi connectivity index (χ0n) is 21.8. The van der Waals surface area contributed by atoms with Gasteiger partial charge in [-0.25, -0.2) is 16.8 Å². The number of sulfonamides is 2. The molecule has 0 saturated heterocycles. The number of hydrogen-bond acceptors (Lipinski definition) is 5. The van der Waals surface area contributed by atoms with Crippen LogP contribution in [0, 0.1) is 6.92 Å². The van der Waals surface area contributed by atoms with Crippen LogP contribution in [0.1, 0.15) is 18.1 Å². The number of halogens is 1. The van der Waals surface area contributed by atoms with Gasteiger partial charge in [0.25, 0.3) is 20.0 Å². The summed E-state index contributed by atoms with van der Waals surface area (Å²) < 4.78 is 56.4. The molecule has 0 aromatic heterocycles. The summed E-state index contributed by atoms with van der Waals surface area (Å²) in [5.41, 5.74) is 2.76. The minimum Gasteiger partial charge on any atom is -0.325 e. The van der Waals surface area contributed by atoms with Crippen LogP contribution in [0.25, 0.3) is 0 Å². The maximum absolute atomic E-state index is 13.7. The van der Waals surface area contributed by atoms with Crippen LogP contribution in [-0.4, -0.2) is 29.3 Å². The van der Waals surface area contributed by atoms with E-state index in [1.54, 1.807) is 48.5 Å². The number of amides is 1. The van der Waals surface area contributed by atoms with E-state index in [4.69, 9.17) is 11.6 Å². The van der Waals surface area contributed by atoms with Gasteiger partial charge in [-0.1, -0.05) is 54.4 Å². The Kier molecular flexibility index (Phi) is 8.82. The molecule has 40 heavy (non-hydrogen) atoms. The van der Waals surface area contributed by atoms with E-state index >= 15 is 0 Å². The summed E-state index contributed by atoms with van der Waals surface area (Å²) in [7, 11) is -7.95. The molecule has 0 atom stereocenters. The van der Waals surface area contributed by atoms with Crippen LogP contribution in [0.15, 0.2) is 107 Å². The van der Waals surface area contributed by atoms with Gasteiger partial charge in [0, 0.05) is 16.4 Å². The number of hydrogen-bond donors (Lipinski definition) is 2. The minimum atomic E-state index is -4.07. The summed E-state index contributed by atoms with van der Waals surface area (Å²) in [6.07, 6.45) is 0.567. The number of para-hydroxylation sites is 1. The number of nitrogens with one attached hydrogen (secondary N) is 2. The molecule has 0 spiro atoms. The average molecular weight is 598 g/mol. The Labute approximate surface area is 239 Å². The highest BCUT2D eigenvalue weighted by molar-refractivity contribution is 7.93. The van der Waals surface area contributed by atoms with Crippen molar-refractivity contribution in [2.45, 2.75) is 30.1 Å². The highest BCUT2D eigenvalue weighted by Gasteiger charge is 2.28. The molecule has 1 amide bonds. The molecule has 0 aliphatic carbocycles. The first kappa shape index (κ1) is 29.1. The molecular formula is C29H28ClN3O5S2. The molecule has 11 heteroatoms. The zero-order chi connectivity index (χ0) is 28.9. The van der Waals surface area contributed by atoms with Crippen molar-refractivity contribution in [1.29, 1.82) is 0 Å². The Morgan fingerprint density at radius 1 is 0.775 bits per heavy atom. The number of benzene rings is 4. The van der Waals surface area contributed by atoms with Crippen molar-refractivity contribution in [3.05, 3.63) is 113 Å². The smallest absolute Gasteiger partial charge is 0.264 e. The van der Waals surface area contributed by atoms with Gasteiger partial charge in [0.15, 0.2) is 0 Å². The Morgan fingerprint density at radius 2 is 1.35 bits per heavy atom. The maximum atomic E-state index is 13.7. The zero-order valence-corrected chi connectivity index (χ0v) is 24.2. The average Bonchev–Trinajstić information content (AvgIpc) is 2.93. The molecule has 0 heterocycles. The van der Waals surface area contributed by atoms with Crippen LogP contribution >= 0.6 is 11.6 Å². The first-order valence-electron chi connectivity index (χ1n) is 12.4. The van der Waals surface area contributed by atoms with Crippen LogP contribution in [0.2, 0.25) is 5.02 Å². The fourth-order valence-corrected chi connectivity index (χ4v) is 6.61. The molecule has 4 rings (SSSR count). The first-order chi connectivity index (χ1) is 19.0. The molecule has 0 bridgehead atoms. The van der Waals surface area contributed by atoms with Crippen LogP contribution in [0.4, 0.5) is 17.1 Å². The molecule has 0 aliphatic heterocycles. The fourth-order valence-electron chi connectivity index (χ4n) is 3.97. The summed E-state index contributed by atoms with van der Waals surface area (Å²) >= 11 is 5.85. The molecule has 0 radical (unpaired) electrons. The number of carbonyl (C=O) groups excluding carboxylic acids is 1. The lowest BCUT2D eigenvalue weighted by atomic mass is 10.1. The molecule has 0 aliphatic rings. The van der Waals surface area contributed by atoms with Gasteiger partial charge < -0.3 is 5.32 Å². The van der Waals surface area contributed by atoms with Gasteiger partial charge in [0.1, 0.15) is 6.54 Å². The monoisotopic (exact) mass is 597 g/mol. The van der Waals surface area contributed by atoms with Crippen molar-refractivity contribution in [1.82, 2.24) is 0 Å². The van der Waals surface area contributed by atoms with Crippen molar-refractivity contribution >= 4 is 54.6 Å². The van der Waals surface area contributed by atoms with E-state index in [9.17, 15) is 21.6 Å². The van der Waals surface area contributed by atoms with Crippen molar-refractivity contribution < 1.29 is 21.6 Å². The topological polar surface area (TPSA) is 113 Å². The van der Waals surface area contributed by atoms with Crippen molar-refractivity contribution in [3.8, 4) is 0 Å². The van der Waals surface area contributed by atoms with Gasteiger partial charge in [-0.2, -0.15) is 0 Å². The summed E-state index contributed by atoms with van der Waals surface area (Å²) in [6.45, 7) is 3.29. The normalized spacial score (nSPS) is 11.6. The predicted molar refractivity (Wildman–Crippen MR) is 159 cm³/mol. The lowest BCUT2D eigenvalue weighted by Crippen LogP contribution is -2.38. The summed E-state index contributed by atoms with van der Waals surface area (Å²) in [4.78, 5) is 13.2. The third-order valence-corrected chi connectivity index (χ3v) is 9.51. The molecule has 0 unspecified atom stereocenters. The molecule has 0 saturated carbocycles. The molecule has 4 aromatic carbocycles. The van der Waals surface area contributed by atoms with E-state index in [1.165, 1.54) is 36.4 Å². The Bertz CT molecular complexity index is 1710. The minimum absolute atomic E-state index is 0.0131. The Balaban J connectivity index is 1.55. The number of anilines is 3. The summed E-state index contributed by atoms with van der Waals surface area (Å²) in [6, 6.07) is 25.3. The van der Waals surface area contributed by atoms with E-state index in [2.05, 4.69) is 10.0 Å². The molecule has 2 N–H and O–H groups in total. The van der Waals surface area contributed by atoms with Gasteiger partial charge >= 0.3 is 0 Å². The lowest BCUT2D eigenvalue weighted by Gasteiger charge is -2.26. The number of nitrogens with zero attached hydrogens (tertiary/aromatic N) is 1. The second-order valence-electron chi connectivity index (χ2n) is 8.99. The summed E-state index contributed by atoms with van der Waals surface area (Å²) in [5, 5.41) is 3.15. The van der Waals surface area contributed by atoms with Crippen LogP contribution in [-0.2, 0) is 31.3 Å². The largest absolute Gasteiger partial charge is 0.325 e. The molecule has 4 aromatic rings. The first-order valence-corrected chi connectivity index (χ1v) is 15.7. The van der Waals surface area contributed by atoms with Gasteiger partial charge in [-0.3, -0.25) is 13.8 Å². The predicted octanol–water partition coefficient (Wildman–Crippen LogP) is 5.85. The van der Waals surface area contributed by atoms with Crippen LogP contribution in [0.5, 0.6) is 0 Å². The van der Waals surface area contributed by atoms with Crippen LogP contribution < -0.4 is 14.3 Å². The quantitative estimate of drug-likeness (QED) is 0.238. The van der Waals surface area contributed by atoms with E-state index < -0.39 is 32.5 Å². The highest BCUT2D eigenvalue weighted by atomic mass is 35.5. The number of rotatable bonds is 10. The number of aryl methyl sites for hydroxylation is 2. The van der Waals surface area contributed by atoms with E-state index in [-0.39, 0.29) is 9.79 Å². The Hall–Kier alpha value is -3.86. The van der Waals surface area contributed by atoms with E-state index in [0.717, 1.165) is 15.4 Å². The van der Waals surface area contributed by atoms with Crippen LogP contribution in [0.3, 0.4) is 0 Å². The van der Waals surface area contributed by atoms with Gasteiger partial charge in [-0.15, -0.1) is 0 Å². The van der Waals surface area contributed by atoms with E-state index in [0.29, 0.717) is 28.5 Å². The second kappa shape index (κ2) is 12.1. The second-order valence-corrected chi connectivity index (χ2v) is 13.0. The van der Waals surface area contributed by atoms with Crippen molar-refractivity contribution in [2.75, 3.05) is 20.9 Å². The van der Waals surface area contributed by atoms with Gasteiger partial charge in [0.2, 0.25) is 5.91 Å². The molecule has 8 nitrogen and oxygen atoms in total. The molecule has 0 fully saturated rings.